The van der Waals surface area contributed by atoms with Gasteiger partial charge in [0.15, 0.2) is 0 Å². The number of halogens is 3. The van der Waals surface area contributed by atoms with Crippen LogP contribution in [0.3, 0.4) is 0 Å². The Balaban J connectivity index is 1.50. The van der Waals surface area contributed by atoms with Gasteiger partial charge >= 0.3 is 6.18 Å². The van der Waals surface area contributed by atoms with Crippen molar-refractivity contribution in [1.82, 2.24) is 19.2 Å². The molecule has 3 N–H and O–H groups in total. The highest BCUT2D eigenvalue weighted by Gasteiger charge is 2.33. The number of rotatable bonds is 5. The van der Waals surface area contributed by atoms with Gasteiger partial charge in [-0.05, 0) is 55.0 Å². The molecule has 2 aromatic carbocycles. The molecular weight excluding hydrogens is 521 g/mol. The molecule has 13 heteroatoms. The third-order valence-electron chi connectivity index (χ3n) is 5.83. The van der Waals surface area contributed by atoms with Gasteiger partial charge in [-0.3, -0.25) is 14.3 Å². The predicted molar refractivity (Wildman–Crippen MR) is 133 cm³/mol. The Bertz CT molecular complexity index is 1790. The number of sulfonamides is 1. The minimum Gasteiger partial charge on any atom is -0.322 e. The molecule has 1 amide bonds. The summed E-state index contributed by atoms with van der Waals surface area (Å²) in [7, 11) is -4.49. The van der Waals surface area contributed by atoms with Crippen LogP contribution in [0.15, 0.2) is 84.3 Å². The molecule has 38 heavy (non-hydrogen) atoms. The lowest BCUT2D eigenvalue weighted by atomic mass is 10.1. The molecule has 0 aliphatic heterocycles. The molecule has 0 unspecified atom stereocenters. The molecule has 0 bridgehead atoms. The predicted octanol–water partition coefficient (Wildman–Crippen LogP) is 4.41. The molecule has 0 spiro atoms. The number of aromatic nitrogens is 4. The summed E-state index contributed by atoms with van der Waals surface area (Å²) in [6.07, 6.45) is 2.03. The van der Waals surface area contributed by atoms with Gasteiger partial charge in [0, 0.05) is 47.7 Å². The summed E-state index contributed by atoms with van der Waals surface area (Å²) in [5, 5.41) is 12.1. The molecule has 9 nitrogen and oxygen atoms in total. The van der Waals surface area contributed by atoms with Crippen LogP contribution in [0.2, 0.25) is 0 Å². The summed E-state index contributed by atoms with van der Waals surface area (Å²) in [6, 6.07) is 12.3. The molecular formula is C25H19F3N6O3S. The molecule has 194 valence electrons. The van der Waals surface area contributed by atoms with E-state index in [9.17, 15) is 26.4 Å². The summed E-state index contributed by atoms with van der Waals surface area (Å²) in [4.78, 5) is 16.2. The molecule has 0 saturated heterocycles. The van der Waals surface area contributed by atoms with Crippen molar-refractivity contribution in [2.45, 2.75) is 18.0 Å². The van der Waals surface area contributed by atoms with Crippen LogP contribution in [0.25, 0.3) is 22.6 Å². The summed E-state index contributed by atoms with van der Waals surface area (Å²) < 4.78 is 67.0. The van der Waals surface area contributed by atoms with Gasteiger partial charge < -0.3 is 5.32 Å². The van der Waals surface area contributed by atoms with Crippen molar-refractivity contribution in [2.75, 3.05) is 5.32 Å². The van der Waals surface area contributed by atoms with Crippen LogP contribution in [0.4, 0.5) is 18.9 Å². The van der Waals surface area contributed by atoms with E-state index in [4.69, 9.17) is 5.14 Å². The van der Waals surface area contributed by atoms with Gasteiger partial charge in [0.25, 0.3) is 5.91 Å². The van der Waals surface area contributed by atoms with E-state index in [-0.39, 0.29) is 5.69 Å². The van der Waals surface area contributed by atoms with Crippen LogP contribution in [0, 0.1) is 6.92 Å². The van der Waals surface area contributed by atoms with Crippen molar-refractivity contribution in [3.63, 3.8) is 0 Å². The highest BCUT2D eigenvalue weighted by Crippen LogP contribution is 2.32. The molecule has 0 aliphatic carbocycles. The van der Waals surface area contributed by atoms with Crippen LogP contribution < -0.4 is 10.5 Å². The Morgan fingerprint density at radius 3 is 2.53 bits per heavy atom. The molecule has 0 radical (unpaired) electrons. The van der Waals surface area contributed by atoms with Crippen LogP contribution in [0.1, 0.15) is 21.5 Å². The Labute approximate surface area is 214 Å². The maximum atomic E-state index is 13.3. The van der Waals surface area contributed by atoms with E-state index >= 15 is 0 Å². The monoisotopic (exact) mass is 540 g/mol. The first kappa shape index (κ1) is 25.2. The van der Waals surface area contributed by atoms with Crippen LogP contribution in [0.5, 0.6) is 0 Å². The number of aryl methyl sites for hydroxylation is 1. The van der Waals surface area contributed by atoms with Gasteiger partial charge in [-0.15, -0.1) is 0 Å². The Morgan fingerprint density at radius 2 is 1.84 bits per heavy atom. The fraction of sp³-hybridized carbons (Fsp3) is 0.0800. The van der Waals surface area contributed by atoms with Gasteiger partial charge in [-0.2, -0.15) is 18.3 Å². The molecule has 0 fully saturated rings. The number of primary sulfonamides is 1. The first-order valence-electron chi connectivity index (χ1n) is 11.0. The second-order valence-electron chi connectivity index (χ2n) is 8.49. The number of nitrogens with two attached hydrogens (primary N) is 1. The minimum absolute atomic E-state index is 0.281. The number of nitrogens with zero attached hydrogens (tertiary/aromatic N) is 4. The second kappa shape index (κ2) is 9.11. The largest absolute Gasteiger partial charge is 0.416 e. The first-order chi connectivity index (χ1) is 17.9. The lowest BCUT2D eigenvalue weighted by Gasteiger charge is -2.13. The number of pyridine rings is 1. The number of imidazole rings is 1. The number of carbonyl (C=O) groups excluding carboxylic acids is 1. The van der Waals surface area contributed by atoms with Crippen molar-refractivity contribution >= 4 is 27.3 Å². The van der Waals surface area contributed by atoms with Gasteiger partial charge in [0.1, 0.15) is 5.65 Å². The fourth-order valence-electron chi connectivity index (χ4n) is 3.95. The van der Waals surface area contributed by atoms with Crippen molar-refractivity contribution in [3.05, 3.63) is 96.1 Å². The summed E-state index contributed by atoms with van der Waals surface area (Å²) >= 11 is 0. The maximum absolute atomic E-state index is 13.3. The highest BCUT2D eigenvalue weighted by molar-refractivity contribution is 7.89. The number of benzene rings is 2. The number of anilines is 1. The van der Waals surface area contributed by atoms with Gasteiger partial charge in [0.2, 0.25) is 10.0 Å². The van der Waals surface area contributed by atoms with Crippen LogP contribution in [-0.4, -0.2) is 33.5 Å². The average molecular weight is 541 g/mol. The standard InChI is InChI=1S/C25H19F3N6O3S/c1-15-4-5-19(31-24(35)17-9-18(25(26,27)28)11-20(10-17)38(29,36)37)12-22(15)33-7-8-34-23(33)13-21(32-34)16-3-2-6-30-14-16/h2-14H,1H3,(H,31,35)(H2,29,36,37). The van der Waals surface area contributed by atoms with Gasteiger partial charge in [-0.1, -0.05) is 6.07 Å². The van der Waals surface area contributed by atoms with Crippen molar-refractivity contribution in [1.29, 1.82) is 0 Å². The molecule has 3 aromatic heterocycles. The minimum atomic E-state index is -4.88. The lowest BCUT2D eigenvalue weighted by molar-refractivity contribution is -0.137. The van der Waals surface area contributed by atoms with E-state index in [0.29, 0.717) is 23.5 Å². The van der Waals surface area contributed by atoms with Crippen LogP contribution >= 0.6 is 0 Å². The Hall–Kier alpha value is -4.49. The third-order valence-corrected chi connectivity index (χ3v) is 6.72. The summed E-state index contributed by atoms with van der Waals surface area (Å²) in [6.45, 7) is 1.86. The quantitative estimate of drug-likeness (QED) is 0.342. The Kier molecular flexibility index (Phi) is 6.04. The average Bonchev–Trinajstić information content (AvgIpc) is 3.46. The topological polar surface area (TPSA) is 124 Å². The van der Waals surface area contributed by atoms with E-state index in [1.807, 2.05) is 23.6 Å². The van der Waals surface area contributed by atoms with E-state index in [1.54, 1.807) is 53.6 Å². The van der Waals surface area contributed by atoms with E-state index < -0.39 is 38.1 Å². The van der Waals surface area contributed by atoms with Crippen LogP contribution in [-0.2, 0) is 16.2 Å². The van der Waals surface area contributed by atoms with Gasteiger partial charge in [0.05, 0.1) is 21.8 Å². The normalized spacial score (nSPS) is 12.1. The molecule has 5 aromatic rings. The second-order valence-corrected chi connectivity index (χ2v) is 10.0. The zero-order valence-corrected chi connectivity index (χ0v) is 20.5. The third kappa shape index (κ3) is 4.88. The molecule has 0 atom stereocenters. The number of hydrogen-bond donors (Lipinski definition) is 2. The zero-order valence-electron chi connectivity index (χ0n) is 19.6. The molecule has 3 heterocycles. The summed E-state index contributed by atoms with van der Waals surface area (Å²) in [5.41, 5.74) is 2.27. The van der Waals surface area contributed by atoms with E-state index in [1.165, 1.54) is 0 Å². The highest BCUT2D eigenvalue weighted by atomic mass is 32.2. The van der Waals surface area contributed by atoms with E-state index in [2.05, 4.69) is 15.4 Å². The first-order valence-corrected chi connectivity index (χ1v) is 12.6. The maximum Gasteiger partial charge on any atom is 0.416 e. The Morgan fingerprint density at radius 1 is 1.05 bits per heavy atom. The number of nitrogens with one attached hydrogen (secondary N) is 1. The van der Waals surface area contributed by atoms with Crippen molar-refractivity contribution in [2.24, 2.45) is 5.14 Å². The smallest absolute Gasteiger partial charge is 0.322 e. The molecule has 0 aliphatic rings. The van der Waals surface area contributed by atoms with Crippen molar-refractivity contribution < 1.29 is 26.4 Å². The fourth-order valence-corrected chi connectivity index (χ4v) is 4.53. The lowest BCUT2D eigenvalue weighted by Crippen LogP contribution is -2.18. The number of amides is 1. The van der Waals surface area contributed by atoms with E-state index in [0.717, 1.165) is 22.8 Å². The number of hydrogen-bond acceptors (Lipinski definition) is 5. The zero-order chi connectivity index (χ0) is 27.2. The van der Waals surface area contributed by atoms with Gasteiger partial charge in [-0.25, -0.2) is 18.1 Å². The van der Waals surface area contributed by atoms with Crippen molar-refractivity contribution in [3.8, 4) is 16.9 Å². The number of carbonyl (C=O) groups is 1. The number of alkyl halides is 3. The molecule has 0 saturated carbocycles. The summed E-state index contributed by atoms with van der Waals surface area (Å²) in [5.74, 6) is -0.934. The molecule has 5 rings (SSSR count). The SMILES string of the molecule is Cc1ccc(NC(=O)c2cc(C(F)(F)F)cc(S(N)(=O)=O)c2)cc1-n1ccn2nc(-c3cccnc3)cc12. The number of fused-ring (bicyclic) bond motifs is 1.